The van der Waals surface area contributed by atoms with Crippen molar-refractivity contribution in [2.45, 2.75) is 19.1 Å². The smallest absolute Gasteiger partial charge is 0.243 e. The normalized spacial score (nSPS) is 16.6. The number of ether oxygens (including phenoxy) is 3. The molecule has 0 radical (unpaired) electrons. The number of hydrogen-bond acceptors (Lipinski definition) is 6. The minimum absolute atomic E-state index is 0.192. The molecule has 1 amide bonds. The Bertz CT molecular complexity index is 961. The number of hydrogen-bond donors (Lipinski definition) is 1. The minimum Gasteiger partial charge on any atom is -0.497 e. The molecule has 0 saturated carbocycles. The fraction of sp³-hybridized carbons (Fsp3) is 0.350. The Labute approximate surface area is 170 Å². The number of para-hydroxylation sites is 2. The van der Waals surface area contributed by atoms with Gasteiger partial charge in [0.2, 0.25) is 15.9 Å². The van der Waals surface area contributed by atoms with Crippen LogP contribution in [0, 0.1) is 0 Å². The van der Waals surface area contributed by atoms with Gasteiger partial charge in [-0.1, -0.05) is 12.1 Å². The molecule has 2 aromatic carbocycles. The van der Waals surface area contributed by atoms with Gasteiger partial charge in [0.05, 0.1) is 25.6 Å². The van der Waals surface area contributed by atoms with Crippen molar-refractivity contribution in [3.8, 4) is 17.2 Å². The summed E-state index contributed by atoms with van der Waals surface area (Å²) in [6, 6.07) is 12.8. The Kier molecular flexibility index (Phi) is 6.17. The van der Waals surface area contributed by atoms with E-state index in [4.69, 9.17) is 14.2 Å². The van der Waals surface area contributed by atoms with Gasteiger partial charge in [-0.05, 0) is 43.3 Å². The number of carbonyl (C=O) groups is 1. The van der Waals surface area contributed by atoms with Gasteiger partial charge in [-0.15, -0.1) is 0 Å². The molecule has 0 saturated heterocycles. The van der Waals surface area contributed by atoms with Gasteiger partial charge in [0.25, 0.3) is 0 Å². The van der Waals surface area contributed by atoms with Crippen LogP contribution in [0.15, 0.2) is 48.5 Å². The number of sulfonamides is 1. The van der Waals surface area contributed by atoms with E-state index in [1.807, 2.05) is 18.2 Å². The van der Waals surface area contributed by atoms with Crippen LogP contribution in [-0.2, 0) is 14.8 Å². The number of fused-ring (bicyclic) bond motifs is 1. The number of carbonyl (C=O) groups excluding carboxylic acids is 1. The first-order valence-electron chi connectivity index (χ1n) is 9.09. The van der Waals surface area contributed by atoms with E-state index in [2.05, 4.69) is 5.32 Å². The van der Waals surface area contributed by atoms with Crippen molar-refractivity contribution < 1.29 is 27.4 Å². The lowest BCUT2D eigenvalue weighted by molar-refractivity contribution is -0.122. The standard InChI is InChI=1S/C20H24N2O6S/c1-14(22(29(3,24)25)15-8-10-16(26-2)11-9-15)20(23)21-12-17-13-27-18-6-4-5-7-19(18)28-17/h4-11,14,17H,12-13H2,1-3H3,(H,21,23). The first kappa shape index (κ1) is 20.8. The van der Waals surface area contributed by atoms with Crippen molar-refractivity contribution in [3.05, 3.63) is 48.5 Å². The third-order valence-electron chi connectivity index (χ3n) is 4.49. The Morgan fingerprint density at radius 3 is 2.48 bits per heavy atom. The molecule has 0 fully saturated rings. The lowest BCUT2D eigenvalue weighted by atomic mass is 10.2. The molecule has 156 valence electrons. The monoisotopic (exact) mass is 420 g/mol. The molecule has 0 spiro atoms. The van der Waals surface area contributed by atoms with E-state index in [0.717, 1.165) is 10.6 Å². The zero-order chi connectivity index (χ0) is 21.0. The molecule has 2 aromatic rings. The first-order valence-corrected chi connectivity index (χ1v) is 10.9. The van der Waals surface area contributed by atoms with E-state index in [1.54, 1.807) is 30.3 Å². The van der Waals surface area contributed by atoms with Crippen LogP contribution in [0.4, 0.5) is 5.69 Å². The van der Waals surface area contributed by atoms with Gasteiger partial charge in [0.15, 0.2) is 11.5 Å². The maximum Gasteiger partial charge on any atom is 0.243 e. The zero-order valence-corrected chi connectivity index (χ0v) is 17.3. The molecule has 0 aliphatic carbocycles. The second-order valence-corrected chi connectivity index (χ2v) is 8.53. The average Bonchev–Trinajstić information content (AvgIpc) is 2.71. The third kappa shape index (κ3) is 4.92. The summed E-state index contributed by atoms with van der Waals surface area (Å²) in [5, 5.41) is 2.75. The van der Waals surface area contributed by atoms with Crippen LogP contribution in [0.2, 0.25) is 0 Å². The summed E-state index contributed by atoms with van der Waals surface area (Å²) < 4.78 is 42.3. The Hall–Kier alpha value is -2.94. The third-order valence-corrected chi connectivity index (χ3v) is 5.73. The van der Waals surface area contributed by atoms with Crippen molar-refractivity contribution >= 4 is 21.6 Å². The number of nitrogens with zero attached hydrogens (tertiary/aromatic N) is 1. The van der Waals surface area contributed by atoms with Crippen LogP contribution >= 0.6 is 0 Å². The minimum atomic E-state index is -3.69. The van der Waals surface area contributed by atoms with Crippen LogP contribution in [-0.4, -0.2) is 53.0 Å². The summed E-state index contributed by atoms with van der Waals surface area (Å²) in [5.74, 6) is 1.43. The number of nitrogens with one attached hydrogen (secondary N) is 1. The largest absolute Gasteiger partial charge is 0.497 e. The molecule has 1 aliphatic heterocycles. The van der Waals surface area contributed by atoms with Gasteiger partial charge in [-0.25, -0.2) is 8.42 Å². The zero-order valence-electron chi connectivity index (χ0n) is 16.5. The van der Waals surface area contributed by atoms with Gasteiger partial charge in [-0.2, -0.15) is 0 Å². The second kappa shape index (κ2) is 8.60. The highest BCUT2D eigenvalue weighted by atomic mass is 32.2. The SMILES string of the molecule is COc1ccc(N(C(C)C(=O)NCC2COc3ccccc3O2)S(C)(=O)=O)cc1. The number of methoxy groups -OCH3 is 1. The molecular weight excluding hydrogens is 396 g/mol. The Morgan fingerprint density at radius 2 is 1.86 bits per heavy atom. The van der Waals surface area contributed by atoms with Crippen LogP contribution < -0.4 is 23.8 Å². The maximum atomic E-state index is 12.7. The maximum absolute atomic E-state index is 12.7. The number of benzene rings is 2. The summed E-state index contributed by atoms with van der Waals surface area (Å²) in [7, 11) is -2.17. The predicted octanol–water partition coefficient (Wildman–Crippen LogP) is 1.81. The molecule has 8 nitrogen and oxygen atoms in total. The fourth-order valence-electron chi connectivity index (χ4n) is 3.06. The van der Waals surface area contributed by atoms with Crippen molar-refractivity contribution in [2.24, 2.45) is 0 Å². The number of amides is 1. The van der Waals surface area contributed by atoms with Gasteiger partial charge < -0.3 is 19.5 Å². The van der Waals surface area contributed by atoms with Crippen molar-refractivity contribution in [2.75, 3.05) is 30.8 Å². The van der Waals surface area contributed by atoms with Crippen LogP contribution in [0.5, 0.6) is 17.2 Å². The van der Waals surface area contributed by atoms with E-state index >= 15 is 0 Å². The summed E-state index contributed by atoms with van der Waals surface area (Å²) in [6.45, 7) is 2.02. The summed E-state index contributed by atoms with van der Waals surface area (Å²) in [6.07, 6.45) is 0.699. The van der Waals surface area contributed by atoms with E-state index in [1.165, 1.54) is 14.0 Å². The van der Waals surface area contributed by atoms with Gasteiger partial charge in [-0.3, -0.25) is 9.10 Å². The quantitative estimate of drug-likeness (QED) is 0.734. The van der Waals surface area contributed by atoms with Crippen LogP contribution in [0.1, 0.15) is 6.92 Å². The van der Waals surface area contributed by atoms with Crippen molar-refractivity contribution in [1.82, 2.24) is 5.32 Å². The molecule has 29 heavy (non-hydrogen) atoms. The van der Waals surface area contributed by atoms with Crippen LogP contribution in [0.25, 0.3) is 0 Å². The molecular formula is C20H24N2O6S. The molecule has 2 atom stereocenters. The van der Waals surface area contributed by atoms with E-state index in [-0.39, 0.29) is 12.6 Å². The molecule has 1 N–H and O–H groups in total. The first-order chi connectivity index (χ1) is 13.8. The summed E-state index contributed by atoms with van der Waals surface area (Å²) in [4.78, 5) is 12.7. The van der Waals surface area contributed by atoms with Crippen molar-refractivity contribution in [1.29, 1.82) is 0 Å². The fourth-order valence-corrected chi connectivity index (χ4v) is 4.24. The Balaban J connectivity index is 1.66. The van der Waals surface area contributed by atoms with E-state index in [0.29, 0.717) is 29.5 Å². The highest BCUT2D eigenvalue weighted by Gasteiger charge is 2.30. The predicted molar refractivity (Wildman–Crippen MR) is 109 cm³/mol. The molecule has 2 unspecified atom stereocenters. The van der Waals surface area contributed by atoms with Gasteiger partial charge in [0, 0.05) is 0 Å². The lowest BCUT2D eigenvalue weighted by Gasteiger charge is -2.30. The van der Waals surface area contributed by atoms with Crippen LogP contribution in [0.3, 0.4) is 0 Å². The highest BCUT2D eigenvalue weighted by Crippen LogP contribution is 2.30. The highest BCUT2D eigenvalue weighted by molar-refractivity contribution is 7.92. The van der Waals surface area contributed by atoms with E-state index in [9.17, 15) is 13.2 Å². The molecule has 1 aliphatic rings. The average molecular weight is 420 g/mol. The number of anilines is 1. The molecule has 3 rings (SSSR count). The van der Waals surface area contributed by atoms with Crippen molar-refractivity contribution in [3.63, 3.8) is 0 Å². The second-order valence-electron chi connectivity index (χ2n) is 6.68. The summed E-state index contributed by atoms with van der Waals surface area (Å²) >= 11 is 0. The molecule has 9 heteroatoms. The molecule has 0 aromatic heterocycles. The summed E-state index contributed by atoms with van der Waals surface area (Å²) in [5.41, 5.74) is 0.377. The number of rotatable bonds is 7. The lowest BCUT2D eigenvalue weighted by Crippen LogP contribution is -2.50. The van der Waals surface area contributed by atoms with Gasteiger partial charge in [0.1, 0.15) is 24.5 Å². The molecule has 0 bridgehead atoms. The molecule has 1 heterocycles. The van der Waals surface area contributed by atoms with Gasteiger partial charge >= 0.3 is 0 Å². The van der Waals surface area contributed by atoms with E-state index < -0.39 is 22.0 Å². The Morgan fingerprint density at radius 1 is 1.21 bits per heavy atom. The topological polar surface area (TPSA) is 94.2 Å².